The number of nitrogens with zero attached hydrogens (tertiary/aromatic N) is 5. The third-order valence-electron chi connectivity index (χ3n) is 6.17. The van der Waals surface area contributed by atoms with Crippen molar-refractivity contribution >= 4 is 39.1 Å². The molecule has 0 saturated carbocycles. The summed E-state index contributed by atoms with van der Waals surface area (Å²) in [5, 5.41) is 24.2. The summed E-state index contributed by atoms with van der Waals surface area (Å²) in [6, 6.07) is 7.87. The van der Waals surface area contributed by atoms with E-state index in [0.717, 1.165) is 46.9 Å². The summed E-state index contributed by atoms with van der Waals surface area (Å²) in [7, 11) is 0. The topological polar surface area (TPSA) is 106 Å². The highest BCUT2D eigenvalue weighted by Gasteiger charge is 2.40. The summed E-state index contributed by atoms with van der Waals surface area (Å²) in [5.41, 5.74) is 1.00. The van der Waals surface area contributed by atoms with Gasteiger partial charge in [0.05, 0.1) is 11.5 Å². The zero-order chi connectivity index (χ0) is 20.7. The van der Waals surface area contributed by atoms with E-state index in [2.05, 4.69) is 44.8 Å². The molecule has 0 spiro atoms. The van der Waals surface area contributed by atoms with Crippen molar-refractivity contribution in [3.63, 3.8) is 0 Å². The molecule has 3 aromatic rings. The van der Waals surface area contributed by atoms with Crippen molar-refractivity contribution in [1.29, 1.82) is 5.26 Å². The Balaban J connectivity index is 1.37. The lowest BCUT2D eigenvalue weighted by Gasteiger charge is -2.38. The molecule has 156 valence electrons. The Morgan fingerprint density at radius 3 is 2.73 bits per heavy atom. The number of hydrogen-bond acceptors (Lipinski definition) is 8. The second-order valence-corrected chi connectivity index (χ2v) is 9.61. The number of anilines is 3. The van der Waals surface area contributed by atoms with Crippen molar-refractivity contribution in [1.82, 2.24) is 25.1 Å². The molecule has 0 radical (unpaired) electrons. The SMILES string of the molecule is Cc1cc(Nc2nc(NC3C[C@H]4CC[C@@H](C3)N4CCC#N)nc3sc(C)cc23)n[nH]1. The number of aromatic amines is 1. The zero-order valence-electron chi connectivity index (χ0n) is 17.3. The molecule has 5 rings (SSSR count). The molecule has 2 aliphatic rings. The highest BCUT2D eigenvalue weighted by atomic mass is 32.1. The third-order valence-corrected chi connectivity index (χ3v) is 7.11. The summed E-state index contributed by atoms with van der Waals surface area (Å²) in [6.07, 6.45) is 5.22. The molecular formula is C21H26N8S. The first-order valence-corrected chi connectivity index (χ1v) is 11.4. The first-order valence-electron chi connectivity index (χ1n) is 10.6. The van der Waals surface area contributed by atoms with Gasteiger partial charge in [-0.25, -0.2) is 4.98 Å². The van der Waals surface area contributed by atoms with Crippen LogP contribution in [0.15, 0.2) is 12.1 Å². The maximum atomic E-state index is 8.94. The van der Waals surface area contributed by atoms with Crippen molar-refractivity contribution in [2.24, 2.45) is 0 Å². The van der Waals surface area contributed by atoms with E-state index < -0.39 is 0 Å². The van der Waals surface area contributed by atoms with Crippen molar-refractivity contribution in [2.75, 3.05) is 17.2 Å². The largest absolute Gasteiger partial charge is 0.351 e. The number of H-pyrrole nitrogens is 1. The van der Waals surface area contributed by atoms with Gasteiger partial charge in [0, 0.05) is 47.7 Å². The molecule has 2 aliphatic heterocycles. The van der Waals surface area contributed by atoms with E-state index in [1.54, 1.807) is 11.3 Å². The van der Waals surface area contributed by atoms with Crippen LogP contribution in [0.4, 0.5) is 17.6 Å². The normalized spacial score (nSPS) is 23.6. The van der Waals surface area contributed by atoms with Crippen molar-refractivity contribution in [3.8, 4) is 6.07 Å². The molecule has 8 nitrogen and oxygen atoms in total. The van der Waals surface area contributed by atoms with Gasteiger partial charge in [-0.2, -0.15) is 15.3 Å². The molecule has 30 heavy (non-hydrogen) atoms. The number of thiophene rings is 1. The van der Waals surface area contributed by atoms with E-state index in [1.165, 1.54) is 17.7 Å². The smallest absolute Gasteiger partial charge is 0.226 e. The van der Waals surface area contributed by atoms with E-state index >= 15 is 0 Å². The Hall–Kier alpha value is -2.70. The molecule has 3 aromatic heterocycles. The number of piperidine rings is 1. The van der Waals surface area contributed by atoms with Crippen LogP contribution in [0, 0.1) is 25.2 Å². The van der Waals surface area contributed by atoms with E-state index in [9.17, 15) is 0 Å². The highest BCUT2D eigenvalue weighted by Crippen LogP contribution is 2.37. The fourth-order valence-corrected chi connectivity index (χ4v) is 5.80. The van der Waals surface area contributed by atoms with Crippen LogP contribution in [0.25, 0.3) is 10.2 Å². The summed E-state index contributed by atoms with van der Waals surface area (Å²) in [5.74, 6) is 2.22. The Bertz CT molecular complexity index is 1080. The number of rotatable bonds is 6. The molecule has 0 aromatic carbocycles. The van der Waals surface area contributed by atoms with E-state index in [4.69, 9.17) is 15.2 Å². The number of hydrogen-bond donors (Lipinski definition) is 3. The predicted molar refractivity (Wildman–Crippen MR) is 119 cm³/mol. The van der Waals surface area contributed by atoms with Gasteiger partial charge in [0.15, 0.2) is 5.82 Å². The van der Waals surface area contributed by atoms with Crippen LogP contribution in [0.2, 0.25) is 0 Å². The van der Waals surface area contributed by atoms with Crippen molar-refractivity contribution < 1.29 is 0 Å². The lowest BCUT2D eigenvalue weighted by atomic mass is 9.97. The lowest BCUT2D eigenvalue weighted by molar-refractivity contribution is 0.135. The van der Waals surface area contributed by atoms with Crippen LogP contribution in [0.3, 0.4) is 0 Å². The summed E-state index contributed by atoms with van der Waals surface area (Å²) in [4.78, 5) is 14.4. The average molecular weight is 423 g/mol. The minimum Gasteiger partial charge on any atom is -0.351 e. The zero-order valence-corrected chi connectivity index (χ0v) is 18.1. The quantitative estimate of drug-likeness (QED) is 0.549. The van der Waals surface area contributed by atoms with Crippen LogP contribution in [-0.2, 0) is 0 Å². The summed E-state index contributed by atoms with van der Waals surface area (Å²) in [6.45, 7) is 4.97. The lowest BCUT2D eigenvalue weighted by Crippen LogP contribution is -2.47. The number of nitriles is 1. The van der Waals surface area contributed by atoms with Crippen LogP contribution in [0.5, 0.6) is 0 Å². The second-order valence-electron chi connectivity index (χ2n) is 8.38. The Kier molecular flexibility index (Phi) is 5.05. The maximum absolute atomic E-state index is 8.94. The summed E-state index contributed by atoms with van der Waals surface area (Å²) < 4.78 is 0. The highest BCUT2D eigenvalue weighted by molar-refractivity contribution is 7.18. The monoisotopic (exact) mass is 422 g/mol. The van der Waals surface area contributed by atoms with Crippen LogP contribution in [-0.4, -0.2) is 49.7 Å². The van der Waals surface area contributed by atoms with Crippen molar-refractivity contribution in [2.45, 2.75) is 64.1 Å². The molecule has 3 N–H and O–H groups in total. The molecule has 0 aliphatic carbocycles. The van der Waals surface area contributed by atoms with Gasteiger partial charge in [-0.05, 0) is 45.6 Å². The molecule has 2 fully saturated rings. The Morgan fingerprint density at radius 1 is 1.23 bits per heavy atom. The molecular weight excluding hydrogens is 396 g/mol. The minimum atomic E-state index is 0.361. The first-order chi connectivity index (χ1) is 14.6. The molecule has 1 unspecified atom stereocenters. The van der Waals surface area contributed by atoms with E-state index in [0.29, 0.717) is 30.5 Å². The maximum Gasteiger partial charge on any atom is 0.226 e. The average Bonchev–Trinajstić information content (AvgIpc) is 3.35. The van der Waals surface area contributed by atoms with E-state index in [1.807, 2.05) is 13.0 Å². The molecule has 5 heterocycles. The van der Waals surface area contributed by atoms with Gasteiger partial charge < -0.3 is 10.6 Å². The standard InChI is InChI=1S/C21H26N8S/c1-12-8-18(28-27-12)24-19-17-9-13(2)30-20(17)26-21(25-19)23-14-10-15-4-5-16(11-14)29(15)7-3-6-22/h8-9,14-16H,3-5,7,10-11H2,1-2H3,(H3,23,24,25,26,27,28)/t14?,15-,16+. The van der Waals surface area contributed by atoms with Gasteiger partial charge in [0.2, 0.25) is 5.95 Å². The second kappa shape index (κ2) is 7.85. The van der Waals surface area contributed by atoms with Crippen LogP contribution < -0.4 is 10.6 Å². The van der Waals surface area contributed by atoms with Crippen LogP contribution in [0.1, 0.15) is 42.7 Å². The van der Waals surface area contributed by atoms with Gasteiger partial charge in [-0.3, -0.25) is 10.00 Å². The van der Waals surface area contributed by atoms with Gasteiger partial charge >= 0.3 is 0 Å². The molecule has 2 bridgehead atoms. The van der Waals surface area contributed by atoms with Gasteiger partial charge in [-0.15, -0.1) is 11.3 Å². The fourth-order valence-electron chi connectivity index (χ4n) is 4.92. The van der Waals surface area contributed by atoms with Gasteiger partial charge in [0.25, 0.3) is 0 Å². The predicted octanol–water partition coefficient (Wildman–Crippen LogP) is 4.10. The number of fused-ring (bicyclic) bond motifs is 3. The van der Waals surface area contributed by atoms with E-state index in [-0.39, 0.29) is 0 Å². The fraction of sp³-hybridized carbons (Fsp3) is 0.524. The van der Waals surface area contributed by atoms with Gasteiger partial charge in [-0.1, -0.05) is 0 Å². The minimum absolute atomic E-state index is 0.361. The van der Waals surface area contributed by atoms with Crippen molar-refractivity contribution in [3.05, 3.63) is 22.7 Å². The number of aryl methyl sites for hydroxylation is 2. The third kappa shape index (κ3) is 3.73. The molecule has 2 saturated heterocycles. The molecule has 0 amide bonds. The number of nitrogens with one attached hydrogen (secondary N) is 3. The molecule has 3 atom stereocenters. The first kappa shape index (κ1) is 19.3. The summed E-state index contributed by atoms with van der Waals surface area (Å²) >= 11 is 1.68. The van der Waals surface area contributed by atoms with Gasteiger partial charge in [0.1, 0.15) is 10.6 Å². The Labute approximate surface area is 179 Å². The van der Waals surface area contributed by atoms with Crippen LogP contribution >= 0.6 is 11.3 Å². The molecule has 9 heteroatoms. The number of aromatic nitrogens is 4. The Morgan fingerprint density at radius 2 is 2.03 bits per heavy atom.